The molecule has 0 bridgehead atoms. The van der Waals surface area contributed by atoms with Crippen molar-refractivity contribution in [1.29, 1.82) is 0 Å². The molecule has 0 radical (unpaired) electrons. The maximum absolute atomic E-state index is 5.99. The van der Waals surface area contributed by atoms with Crippen molar-refractivity contribution in [2.45, 2.75) is 64.0 Å². The summed E-state index contributed by atoms with van der Waals surface area (Å²) in [6.07, 6.45) is 10.0. The minimum Gasteiger partial charge on any atom is -0.328 e. The summed E-state index contributed by atoms with van der Waals surface area (Å²) in [4.78, 5) is 2.72. The Kier molecular flexibility index (Phi) is 4.04. The molecule has 2 aliphatic rings. The van der Waals surface area contributed by atoms with Gasteiger partial charge in [0.25, 0.3) is 0 Å². The highest BCUT2D eigenvalue weighted by Gasteiger charge is 2.29. The van der Waals surface area contributed by atoms with Gasteiger partial charge >= 0.3 is 0 Å². The maximum atomic E-state index is 5.99. The van der Waals surface area contributed by atoms with E-state index < -0.39 is 0 Å². The van der Waals surface area contributed by atoms with Crippen molar-refractivity contribution < 1.29 is 0 Å². The Balaban J connectivity index is 1.83. The van der Waals surface area contributed by atoms with Gasteiger partial charge in [-0.25, -0.2) is 0 Å². The molecule has 88 valence electrons. The van der Waals surface area contributed by atoms with E-state index in [2.05, 4.69) is 11.8 Å². The molecule has 2 atom stereocenters. The van der Waals surface area contributed by atoms with Crippen LogP contribution in [-0.2, 0) is 0 Å². The van der Waals surface area contributed by atoms with Crippen molar-refractivity contribution in [1.82, 2.24) is 4.90 Å². The lowest BCUT2D eigenvalue weighted by atomic mass is 10.0. The molecule has 0 aromatic rings. The van der Waals surface area contributed by atoms with Crippen LogP contribution in [0.1, 0.15) is 51.9 Å². The molecular weight excluding hydrogens is 184 g/mol. The SMILES string of the molecule is CC(N)C1CCN(C2CCCCCC2)C1. The smallest absolute Gasteiger partial charge is 0.00953 e. The summed E-state index contributed by atoms with van der Waals surface area (Å²) >= 11 is 0. The molecule has 1 aliphatic carbocycles. The van der Waals surface area contributed by atoms with Gasteiger partial charge in [-0.1, -0.05) is 25.7 Å². The van der Waals surface area contributed by atoms with Gasteiger partial charge in [-0.05, 0) is 38.6 Å². The normalized spacial score (nSPS) is 32.8. The number of nitrogens with zero attached hydrogens (tertiary/aromatic N) is 1. The zero-order chi connectivity index (χ0) is 10.7. The van der Waals surface area contributed by atoms with Crippen LogP contribution >= 0.6 is 0 Å². The molecular formula is C13H26N2. The van der Waals surface area contributed by atoms with E-state index in [9.17, 15) is 0 Å². The second-order valence-electron chi connectivity index (χ2n) is 5.55. The van der Waals surface area contributed by atoms with Gasteiger partial charge in [0, 0.05) is 18.6 Å². The maximum Gasteiger partial charge on any atom is 0.00953 e. The first-order valence-electron chi connectivity index (χ1n) is 6.77. The Morgan fingerprint density at radius 3 is 2.27 bits per heavy atom. The molecule has 0 aromatic heterocycles. The van der Waals surface area contributed by atoms with Crippen LogP contribution in [0.15, 0.2) is 0 Å². The number of hydrogen-bond donors (Lipinski definition) is 1. The van der Waals surface area contributed by atoms with Crippen LogP contribution in [0.4, 0.5) is 0 Å². The minimum absolute atomic E-state index is 0.390. The summed E-state index contributed by atoms with van der Waals surface area (Å²) in [7, 11) is 0. The predicted octanol–water partition coefficient (Wildman–Crippen LogP) is 2.38. The summed E-state index contributed by atoms with van der Waals surface area (Å²) in [5.41, 5.74) is 5.99. The van der Waals surface area contributed by atoms with Crippen molar-refractivity contribution >= 4 is 0 Å². The average molecular weight is 210 g/mol. The molecule has 2 nitrogen and oxygen atoms in total. The van der Waals surface area contributed by atoms with Gasteiger partial charge < -0.3 is 10.6 Å². The zero-order valence-corrected chi connectivity index (χ0v) is 10.1. The summed E-state index contributed by atoms with van der Waals surface area (Å²) in [5.74, 6) is 0.758. The Bertz CT molecular complexity index is 183. The van der Waals surface area contributed by atoms with Gasteiger partial charge in [0.05, 0.1) is 0 Å². The first-order valence-corrected chi connectivity index (χ1v) is 6.77. The van der Waals surface area contributed by atoms with Gasteiger partial charge in [-0.15, -0.1) is 0 Å². The Labute approximate surface area is 94.2 Å². The lowest BCUT2D eigenvalue weighted by Crippen LogP contribution is -2.35. The third-order valence-corrected chi connectivity index (χ3v) is 4.34. The molecule has 1 saturated carbocycles. The van der Waals surface area contributed by atoms with Crippen LogP contribution in [0.3, 0.4) is 0 Å². The molecule has 2 heteroatoms. The molecule has 2 fully saturated rings. The van der Waals surface area contributed by atoms with E-state index in [4.69, 9.17) is 5.73 Å². The highest BCUT2D eigenvalue weighted by Crippen LogP contribution is 2.27. The average Bonchev–Trinajstić information content (AvgIpc) is 2.55. The molecule has 2 N–H and O–H groups in total. The van der Waals surface area contributed by atoms with Gasteiger partial charge in [-0.2, -0.15) is 0 Å². The van der Waals surface area contributed by atoms with Crippen molar-refractivity contribution in [2.75, 3.05) is 13.1 Å². The monoisotopic (exact) mass is 210 g/mol. The largest absolute Gasteiger partial charge is 0.328 e. The molecule has 1 aliphatic heterocycles. The van der Waals surface area contributed by atoms with Gasteiger partial charge in [0.1, 0.15) is 0 Å². The Morgan fingerprint density at radius 2 is 1.73 bits per heavy atom. The Hall–Kier alpha value is -0.0800. The summed E-state index contributed by atoms with van der Waals surface area (Å²) in [6, 6.07) is 1.28. The summed E-state index contributed by atoms with van der Waals surface area (Å²) < 4.78 is 0. The second kappa shape index (κ2) is 5.31. The fourth-order valence-corrected chi connectivity index (χ4v) is 3.20. The van der Waals surface area contributed by atoms with E-state index in [1.54, 1.807) is 0 Å². The number of hydrogen-bond acceptors (Lipinski definition) is 2. The Morgan fingerprint density at radius 1 is 1.07 bits per heavy atom. The topological polar surface area (TPSA) is 29.3 Å². The van der Waals surface area contributed by atoms with E-state index in [0.717, 1.165) is 12.0 Å². The first-order chi connectivity index (χ1) is 7.27. The van der Waals surface area contributed by atoms with Crippen molar-refractivity contribution in [3.8, 4) is 0 Å². The fourth-order valence-electron chi connectivity index (χ4n) is 3.20. The van der Waals surface area contributed by atoms with E-state index in [0.29, 0.717) is 6.04 Å². The van der Waals surface area contributed by atoms with Gasteiger partial charge in [0.2, 0.25) is 0 Å². The third-order valence-electron chi connectivity index (χ3n) is 4.34. The van der Waals surface area contributed by atoms with Crippen LogP contribution in [0.25, 0.3) is 0 Å². The summed E-state index contributed by atoms with van der Waals surface area (Å²) in [5, 5.41) is 0. The molecule has 0 aromatic carbocycles. The molecule has 2 rings (SSSR count). The number of nitrogens with two attached hydrogens (primary N) is 1. The first kappa shape index (κ1) is 11.4. The second-order valence-corrected chi connectivity index (χ2v) is 5.55. The standard InChI is InChI=1S/C13H26N2/c1-11(14)12-8-9-15(10-12)13-6-4-2-3-5-7-13/h11-13H,2-10,14H2,1H3. The molecule has 2 unspecified atom stereocenters. The number of rotatable bonds is 2. The van der Waals surface area contributed by atoms with Crippen molar-refractivity contribution in [2.24, 2.45) is 11.7 Å². The molecule has 0 spiro atoms. The third kappa shape index (κ3) is 2.94. The minimum atomic E-state index is 0.390. The van der Waals surface area contributed by atoms with E-state index in [-0.39, 0.29) is 0 Å². The highest BCUT2D eigenvalue weighted by atomic mass is 15.2. The van der Waals surface area contributed by atoms with Crippen LogP contribution in [0, 0.1) is 5.92 Å². The van der Waals surface area contributed by atoms with Gasteiger partial charge in [0.15, 0.2) is 0 Å². The van der Waals surface area contributed by atoms with Crippen molar-refractivity contribution in [3.05, 3.63) is 0 Å². The lowest BCUT2D eigenvalue weighted by Gasteiger charge is -2.27. The van der Waals surface area contributed by atoms with E-state index >= 15 is 0 Å². The number of likely N-dealkylation sites (tertiary alicyclic amines) is 1. The molecule has 15 heavy (non-hydrogen) atoms. The zero-order valence-electron chi connectivity index (χ0n) is 10.1. The fraction of sp³-hybridized carbons (Fsp3) is 1.00. The van der Waals surface area contributed by atoms with Crippen molar-refractivity contribution in [3.63, 3.8) is 0 Å². The van der Waals surface area contributed by atoms with Gasteiger partial charge in [-0.3, -0.25) is 0 Å². The predicted molar refractivity (Wildman–Crippen MR) is 64.8 cm³/mol. The summed E-state index contributed by atoms with van der Waals surface area (Å²) in [6.45, 7) is 4.74. The molecule has 1 heterocycles. The quantitative estimate of drug-likeness (QED) is 0.709. The van der Waals surface area contributed by atoms with Crippen LogP contribution in [0.2, 0.25) is 0 Å². The molecule has 1 saturated heterocycles. The molecule has 0 amide bonds. The van der Waals surface area contributed by atoms with Crippen LogP contribution < -0.4 is 5.73 Å². The van der Waals surface area contributed by atoms with E-state index in [1.165, 1.54) is 58.0 Å². The highest BCUT2D eigenvalue weighted by molar-refractivity contribution is 4.85. The van der Waals surface area contributed by atoms with Crippen LogP contribution in [0.5, 0.6) is 0 Å². The lowest BCUT2D eigenvalue weighted by molar-refractivity contribution is 0.210. The van der Waals surface area contributed by atoms with Crippen LogP contribution in [-0.4, -0.2) is 30.1 Å². The van der Waals surface area contributed by atoms with E-state index in [1.807, 2.05) is 0 Å².